The summed E-state index contributed by atoms with van der Waals surface area (Å²) < 4.78 is 17.1. The van der Waals surface area contributed by atoms with E-state index in [-0.39, 0.29) is 18.0 Å². The first-order valence-corrected chi connectivity index (χ1v) is 9.20. The van der Waals surface area contributed by atoms with Crippen LogP contribution >= 0.6 is 0 Å². The first-order chi connectivity index (χ1) is 14.0. The molecule has 1 aromatic heterocycles. The molecule has 0 radical (unpaired) electrons. The summed E-state index contributed by atoms with van der Waals surface area (Å²) >= 11 is 0. The van der Waals surface area contributed by atoms with Gasteiger partial charge in [-0.3, -0.25) is 9.59 Å². The van der Waals surface area contributed by atoms with Crippen LogP contribution in [0.2, 0.25) is 0 Å². The van der Waals surface area contributed by atoms with Crippen molar-refractivity contribution in [1.82, 2.24) is 9.88 Å². The number of rotatable bonds is 8. The lowest BCUT2D eigenvalue weighted by molar-refractivity contribution is -0.121. The number of carbonyl (C=O) groups is 1. The standard InChI is InChI=1S/C22H24N2O5/c1-27-17-5-6-18-16(13-17)9-11-24(22(18)26)14-21(25)23-10-8-15-4-7-19(28-2)20(12-15)29-3/h4-7,9,11-13H,8,10,14H2,1-3H3,(H,23,25). The summed E-state index contributed by atoms with van der Waals surface area (Å²) in [4.78, 5) is 24.9. The van der Waals surface area contributed by atoms with Gasteiger partial charge in [0.1, 0.15) is 12.3 Å². The molecule has 29 heavy (non-hydrogen) atoms. The molecule has 3 aromatic rings. The Morgan fingerprint density at radius 3 is 2.48 bits per heavy atom. The van der Waals surface area contributed by atoms with Gasteiger partial charge in [-0.1, -0.05) is 6.07 Å². The van der Waals surface area contributed by atoms with E-state index < -0.39 is 0 Å². The second kappa shape index (κ2) is 9.14. The van der Waals surface area contributed by atoms with Crippen LogP contribution < -0.4 is 25.1 Å². The van der Waals surface area contributed by atoms with Crippen molar-refractivity contribution >= 4 is 16.7 Å². The summed E-state index contributed by atoms with van der Waals surface area (Å²) in [5, 5.41) is 4.17. The number of hydrogen-bond acceptors (Lipinski definition) is 5. The molecule has 0 aliphatic carbocycles. The minimum atomic E-state index is -0.222. The van der Waals surface area contributed by atoms with Crippen molar-refractivity contribution in [2.45, 2.75) is 13.0 Å². The third kappa shape index (κ3) is 4.68. The largest absolute Gasteiger partial charge is 0.497 e. The van der Waals surface area contributed by atoms with Gasteiger partial charge in [0, 0.05) is 18.1 Å². The Morgan fingerprint density at radius 2 is 1.76 bits per heavy atom. The maximum absolute atomic E-state index is 12.6. The van der Waals surface area contributed by atoms with E-state index in [4.69, 9.17) is 14.2 Å². The Kier molecular flexibility index (Phi) is 6.39. The van der Waals surface area contributed by atoms with Crippen LogP contribution in [-0.4, -0.2) is 38.3 Å². The average Bonchev–Trinajstić information content (AvgIpc) is 2.75. The first kappa shape index (κ1) is 20.3. The number of nitrogens with zero attached hydrogens (tertiary/aromatic N) is 1. The van der Waals surface area contributed by atoms with Crippen LogP contribution in [0.1, 0.15) is 5.56 Å². The fourth-order valence-electron chi connectivity index (χ4n) is 3.11. The van der Waals surface area contributed by atoms with Crippen LogP contribution in [0.4, 0.5) is 0 Å². The Bertz CT molecular complexity index is 1070. The van der Waals surface area contributed by atoms with Gasteiger partial charge >= 0.3 is 0 Å². The molecule has 2 aromatic carbocycles. The maximum Gasteiger partial charge on any atom is 0.258 e. The molecule has 0 aliphatic heterocycles. The lowest BCUT2D eigenvalue weighted by Crippen LogP contribution is -2.33. The van der Waals surface area contributed by atoms with Crippen LogP contribution in [0.25, 0.3) is 10.8 Å². The van der Waals surface area contributed by atoms with E-state index in [9.17, 15) is 9.59 Å². The van der Waals surface area contributed by atoms with E-state index in [1.807, 2.05) is 18.2 Å². The fraction of sp³-hybridized carbons (Fsp3) is 0.273. The number of fused-ring (bicyclic) bond motifs is 1. The van der Waals surface area contributed by atoms with Gasteiger partial charge in [0.25, 0.3) is 5.56 Å². The van der Waals surface area contributed by atoms with E-state index in [0.29, 0.717) is 35.6 Å². The summed E-state index contributed by atoms with van der Waals surface area (Å²) in [6.07, 6.45) is 2.26. The summed E-state index contributed by atoms with van der Waals surface area (Å²) in [5.41, 5.74) is 0.806. The maximum atomic E-state index is 12.6. The van der Waals surface area contributed by atoms with Gasteiger partial charge in [-0.2, -0.15) is 0 Å². The molecule has 0 spiro atoms. The zero-order chi connectivity index (χ0) is 20.8. The van der Waals surface area contributed by atoms with Gasteiger partial charge in [-0.15, -0.1) is 0 Å². The number of hydrogen-bond donors (Lipinski definition) is 1. The molecule has 1 amide bonds. The predicted molar refractivity (Wildman–Crippen MR) is 111 cm³/mol. The number of carbonyl (C=O) groups excluding carboxylic acids is 1. The normalized spacial score (nSPS) is 10.6. The van der Waals surface area contributed by atoms with E-state index in [1.54, 1.807) is 51.8 Å². The van der Waals surface area contributed by atoms with E-state index in [2.05, 4.69) is 5.32 Å². The van der Waals surface area contributed by atoms with Crippen molar-refractivity contribution in [3.05, 3.63) is 64.6 Å². The van der Waals surface area contributed by atoms with Crippen LogP contribution in [0.3, 0.4) is 0 Å². The van der Waals surface area contributed by atoms with Gasteiger partial charge in [-0.05, 0) is 53.8 Å². The minimum Gasteiger partial charge on any atom is -0.497 e. The van der Waals surface area contributed by atoms with Crippen LogP contribution in [-0.2, 0) is 17.8 Å². The molecule has 0 bridgehead atoms. The van der Waals surface area contributed by atoms with Gasteiger partial charge in [0.05, 0.1) is 21.3 Å². The van der Waals surface area contributed by atoms with E-state index in [0.717, 1.165) is 10.9 Å². The molecular weight excluding hydrogens is 372 g/mol. The number of methoxy groups -OCH3 is 3. The van der Waals surface area contributed by atoms with Gasteiger partial charge in [0.2, 0.25) is 5.91 Å². The molecule has 0 fully saturated rings. The predicted octanol–water partition coefficient (Wildman–Crippen LogP) is 2.39. The Morgan fingerprint density at radius 1 is 0.966 bits per heavy atom. The van der Waals surface area contributed by atoms with Gasteiger partial charge in [0.15, 0.2) is 11.5 Å². The number of pyridine rings is 1. The molecule has 0 unspecified atom stereocenters. The number of aromatic nitrogens is 1. The molecule has 7 heteroatoms. The van der Waals surface area contributed by atoms with Crippen molar-refractivity contribution in [3.8, 4) is 17.2 Å². The summed E-state index contributed by atoms with van der Waals surface area (Å²) in [5.74, 6) is 1.77. The minimum absolute atomic E-state index is 0.0350. The van der Waals surface area contributed by atoms with E-state index >= 15 is 0 Å². The van der Waals surface area contributed by atoms with Crippen molar-refractivity contribution in [1.29, 1.82) is 0 Å². The quantitative estimate of drug-likeness (QED) is 0.633. The molecule has 0 saturated heterocycles. The molecule has 0 aliphatic rings. The highest BCUT2D eigenvalue weighted by atomic mass is 16.5. The SMILES string of the molecule is COc1ccc2c(=O)n(CC(=O)NCCc3ccc(OC)c(OC)c3)ccc2c1. The Labute approximate surface area is 168 Å². The zero-order valence-electron chi connectivity index (χ0n) is 16.7. The lowest BCUT2D eigenvalue weighted by Gasteiger charge is -2.11. The molecule has 3 rings (SSSR count). The Balaban J connectivity index is 1.61. The van der Waals surface area contributed by atoms with Crippen molar-refractivity contribution in [2.24, 2.45) is 0 Å². The molecule has 0 saturated carbocycles. The summed E-state index contributed by atoms with van der Waals surface area (Å²) in [6.45, 7) is 0.417. The second-order valence-corrected chi connectivity index (χ2v) is 6.49. The first-order valence-electron chi connectivity index (χ1n) is 9.20. The zero-order valence-corrected chi connectivity index (χ0v) is 16.7. The van der Waals surface area contributed by atoms with Crippen LogP contribution in [0, 0.1) is 0 Å². The lowest BCUT2D eigenvalue weighted by atomic mass is 10.1. The average molecular weight is 396 g/mol. The van der Waals surface area contributed by atoms with Gasteiger partial charge in [-0.25, -0.2) is 0 Å². The highest BCUT2D eigenvalue weighted by Crippen LogP contribution is 2.27. The molecule has 1 N–H and O–H groups in total. The number of nitrogens with one attached hydrogen (secondary N) is 1. The fourth-order valence-corrected chi connectivity index (χ4v) is 3.11. The summed E-state index contributed by atoms with van der Waals surface area (Å²) in [6, 6.07) is 12.7. The molecule has 0 atom stereocenters. The number of ether oxygens (including phenoxy) is 3. The number of amides is 1. The third-order valence-corrected chi connectivity index (χ3v) is 4.68. The van der Waals surface area contributed by atoms with Gasteiger partial charge < -0.3 is 24.1 Å². The smallest absolute Gasteiger partial charge is 0.258 e. The highest BCUT2D eigenvalue weighted by molar-refractivity contribution is 5.83. The molecule has 1 heterocycles. The highest BCUT2D eigenvalue weighted by Gasteiger charge is 2.09. The van der Waals surface area contributed by atoms with Crippen molar-refractivity contribution < 1.29 is 19.0 Å². The topological polar surface area (TPSA) is 78.8 Å². The summed E-state index contributed by atoms with van der Waals surface area (Å²) in [7, 11) is 4.75. The Hall–Kier alpha value is -3.48. The third-order valence-electron chi connectivity index (χ3n) is 4.68. The van der Waals surface area contributed by atoms with E-state index in [1.165, 1.54) is 4.57 Å². The number of benzene rings is 2. The van der Waals surface area contributed by atoms with Crippen LogP contribution in [0.5, 0.6) is 17.2 Å². The van der Waals surface area contributed by atoms with Crippen molar-refractivity contribution in [3.63, 3.8) is 0 Å². The second-order valence-electron chi connectivity index (χ2n) is 6.49. The van der Waals surface area contributed by atoms with Crippen LogP contribution in [0.15, 0.2) is 53.5 Å². The van der Waals surface area contributed by atoms with Crippen molar-refractivity contribution in [2.75, 3.05) is 27.9 Å². The monoisotopic (exact) mass is 396 g/mol. The molecule has 7 nitrogen and oxygen atoms in total. The molecule has 152 valence electrons. The molecular formula is C22H24N2O5.